The summed E-state index contributed by atoms with van der Waals surface area (Å²) in [5.41, 5.74) is 1.16. The first-order valence-electron chi connectivity index (χ1n) is 9.39. The highest BCUT2D eigenvalue weighted by Gasteiger charge is 2.30. The van der Waals surface area contributed by atoms with Crippen molar-refractivity contribution in [1.82, 2.24) is 20.0 Å². The third-order valence-corrected chi connectivity index (χ3v) is 4.43. The van der Waals surface area contributed by atoms with Crippen molar-refractivity contribution in [2.45, 2.75) is 26.3 Å². The van der Waals surface area contributed by atoms with Gasteiger partial charge in [-0.3, -0.25) is 24.1 Å². The Labute approximate surface area is 167 Å². The molecule has 2 aromatic rings. The number of aromatic nitrogens is 2. The minimum Gasteiger partial charge on any atom is -0.494 e. The first-order valence-corrected chi connectivity index (χ1v) is 9.39. The number of nitrogens with one attached hydrogen (secondary N) is 1. The van der Waals surface area contributed by atoms with E-state index in [9.17, 15) is 19.2 Å². The average Bonchev–Trinajstić information content (AvgIpc) is 3.02. The average molecular weight is 398 g/mol. The maximum atomic E-state index is 12.1. The van der Waals surface area contributed by atoms with Crippen LogP contribution in [0.4, 0.5) is 0 Å². The van der Waals surface area contributed by atoms with Crippen molar-refractivity contribution in [3.8, 4) is 17.0 Å². The summed E-state index contributed by atoms with van der Waals surface area (Å²) >= 11 is 0. The van der Waals surface area contributed by atoms with E-state index in [0.717, 1.165) is 16.2 Å². The molecule has 0 atom stereocenters. The van der Waals surface area contributed by atoms with Crippen molar-refractivity contribution < 1.29 is 19.1 Å². The zero-order valence-electron chi connectivity index (χ0n) is 16.1. The number of nitrogens with zero attached hydrogens (tertiary/aromatic N) is 3. The quantitative estimate of drug-likeness (QED) is 0.651. The van der Waals surface area contributed by atoms with Crippen LogP contribution in [0.2, 0.25) is 0 Å². The van der Waals surface area contributed by atoms with Gasteiger partial charge in [0.2, 0.25) is 17.7 Å². The Morgan fingerprint density at radius 1 is 1.07 bits per heavy atom. The predicted octanol–water partition coefficient (Wildman–Crippen LogP) is 0.574. The van der Waals surface area contributed by atoms with Crippen LogP contribution < -0.4 is 15.6 Å². The monoisotopic (exact) mass is 398 g/mol. The molecule has 29 heavy (non-hydrogen) atoms. The fourth-order valence-corrected chi connectivity index (χ4v) is 2.95. The zero-order valence-corrected chi connectivity index (χ0v) is 16.1. The topological polar surface area (TPSA) is 111 Å². The molecule has 3 amide bonds. The van der Waals surface area contributed by atoms with E-state index in [2.05, 4.69) is 10.4 Å². The Hall–Kier alpha value is -3.49. The van der Waals surface area contributed by atoms with Crippen molar-refractivity contribution >= 4 is 17.7 Å². The van der Waals surface area contributed by atoms with E-state index >= 15 is 0 Å². The van der Waals surface area contributed by atoms with E-state index in [4.69, 9.17) is 4.74 Å². The van der Waals surface area contributed by atoms with Gasteiger partial charge in [0.25, 0.3) is 5.56 Å². The number of carbonyl (C=O) groups is 3. The van der Waals surface area contributed by atoms with Crippen LogP contribution in [0.25, 0.3) is 11.3 Å². The molecule has 0 radical (unpaired) electrons. The predicted molar refractivity (Wildman–Crippen MR) is 104 cm³/mol. The summed E-state index contributed by atoms with van der Waals surface area (Å²) in [5, 5.41) is 6.94. The van der Waals surface area contributed by atoms with Crippen LogP contribution in [-0.2, 0) is 20.9 Å². The molecule has 0 saturated carbocycles. The van der Waals surface area contributed by atoms with Crippen molar-refractivity contribution in [3.05, 3.63) is 46.8 Å². The van der Waals surface area contributed by atoms with Crippen LogP contribution >= 0.6 is 0 Å². The summed E-state index contributed by atoms with van der Waals surface area (Å²) in [6.07, 6.45) is 0.285. The Morgan fingerprint density at radius 2 is 1.76 bits per heavy atom. The Bertz CT molecular complexity index is 952. The van der Waals surface area contributed by atoms with Crippen LogP contribution in [-0.4, -0.2) is 52.1 Å². The molecule has 1 N–H and O–H groups in total. The van der Waals surface area contributed by atoms with E-state index in [1.807, 2.05) is 31.2 Å². The molecule has 1 saturated heterocycles. The molecule has 0 aliphatic carbocycles. The lowest BCUT2D eigenvalue weighted by molar-refractivity contribution is -0.142. The van der Waals surface area contributed by atoms with Crippen molar-refractivity contribution in [3.63, 3.8) is 0 Å². The lowest BCUT2D eigenvalue weighted by Gasteiger charge is -2.13. The summed E-state index contributed by atoms with van der Waals surface area (Å²) in [6, 6.07) is 10.4. The summed E-state index contributed by atoms with van der Waals surface area (Å²) in [7, 11) is 0. The molecule has 152 valence electrons. The van der Waals surface area contributed by atoms with Crippen LogP contribution in [0.15, 0.2) is 41.2 Å². The summed E-state index contributed by atoms with van der Waals surface area (Å²) in [5.74, 6) is -0.385. The van der Waals surface area contributed by atoms with Gasteiger partial charge in [-0.2, -0.15) is 5.10 Å². The molecular formula is C20H22N4O5. The van der Waals surface area contributed by atoms with Crippen molar-refractivity contribution in [2.24, 2.45) is 0 Å². The molecule has 0 spiro atoms. The molecule has 0 unspecified atom stereocenters. The third kappa shape index (κ3) is 5.07. The maximum Gasteiger partial charge on any atom is 0.266 e. The van der Waals surface area contributed by atoms with E-state index in [0.29, 0.717) is 12.3 Å². The van der Waals surface area contributed by atoms with Gasteiger partial charge in [-0.05, 0) is 37.3 Å². The maximum absolute atomic E-state index is 12.1. The number of rotatable bonds is 8. The van der Waals surface area contributed by atoms with Crippen LogP contribution in [0.5, 0.6) is 5.75 Å². The van der Waals surface area contributed by atoms with Gasteiger partial charge in [0.1, 0.15) is 12.3 Å². The SMILES string of the molecule is CCOc1ccc(-c2ccc(=O)n(CCNC(=O)CN3C(=O)CCC3=O)n2)cc1. The van der Waals surface area contributed by atoms with Gasteiger partial charge >= 0.3 is 0 Å². The van der Waals surface area contributed by atoms with E-state index in [1.165, 1.54) is 10.7 Å². The molecule has 1 fully saturated rings. The van der Waals surface area contributed by atoms with Crippen LogP contribution in [0.1, 0.15) is 19.8 Å². The van der Waals surface area contributed by atoms with E-state index in [-0.39, 0.29) is 49.8 Å². The largest absolute Gasteiger partial charge is 0.494 e. The van der Waals surface area contributed by atoms with Gasteiger partial charge in [-0.25, -0.2) is 4.68 Å². The number of imide groups is 1. The fourth-order valence-electron chi connectivity index (χ4n) is 2.95. The summed E-state index contributed by atoms with van der Waals surface area (Å²) < 4.78 is 6.68. The molecule has 1 aliphatic heterocycles. The number of hydrogen-bond acceptors (Lipinski definition) is 6. The summed E-state index contributed by atoms with van der Waals surface area (Å²) in [6.45, 7) is 2.50. The summed E-state index contributed by atoms with van der Waals surface area (Å²) in [4.78, 5) is 48.1. The number of hydrogen-bond donors (Lipinski definition) is 1. The lowest BCUT2D eigenvalue weighted by Crippen LogP contribution is -2.41. The second-order valence-electron chi connectivity index (χ2n) is 6.46. The van der Waals surface area contributed by atoms with E-state index in [1.54, 1.807) is 6.07 Å². The van der Waals surface area contributed by atoms with Gasteiger partial charge < -0.3 is 10.1 Å². The van der Waals surface area contributed by atoms with Gasteiger partial charge in [-0.15, -0.1) is 0 Å². The Balaban J connectivity index is 1.59. The second kappa shape index (κ2) is 9.13. The Kier molecular flexibility index (Phi) is 6.38. The molecule has 9 heteroatoms. The number of ether oxygens (including phenoxy) is 1. The molecule has 1 aromatic carbocycles. The standard InChI is InChI=1S/C20H22N4O5/c1-2-29-15-5-3-14(4-6-15)16-7-8-20(28)24(22-16)12-11-21-17(25)13-23-18(26)9-10-19(23)27/h3-8H,2,9-13H2,1H3,(H,21,25). The van der Waals surface area contributed by atoms with E-state index < -0.39 is 5.91 Å². The highest BCUT2D eigenvalue weighted by molar-refractivity contribution is 6.04. The first kappa shape index (κ1) is 20.2. The number of carbonyl (C=O) groups excluding carboxylic acids is 3. The van der Waals surface area contributed by atoms with Crippen LogP contribution in [0, 0.1) is 0 Å². The minimum absolute atomic E-state index is 0.143. The minimum atomic E-state index is -0.454. The van der Waals surface area contributed by atoms with Crippen molar-refractivity contribution in [2.75, 3.05) is 19.7 Å². The van der Waals surface area contributed by atoms with Gasteiger partial charge in [0.15, 0.2) is 0 Å². The molecule has 2 heterocycles. The number of likely N-dealkylation sites (tertiary alicyclic amines) is 1. The van der Waals surface area contributed by atoms with Gasteiger partial charge in [0.05, 0.1) is 18.8 Å². The molecule has 1 aromatic heterocycles. The normalized spacial score (nSPS) is 13.6. The number of amides is 3. The first-order chi connectivity index (χ1) is 14.0. The van der Waals surface area contributed by atoms with Crippen LogP contribution in [0.3, 0.4) is 0 Å². The fraction of sp³-hybridized carbons (Fsp3) is 0.350. The molecule has 1 aliphatic rings. The molecule has 3 rings (SSSR count). The van der Waals surface area contributed by atoms with Gasteiger partial charge in [0, 0.05) is 31.0 Å². The lowest BCUT2D eigenvalue weighted by atomic mass is 10.1. The second-order valence-corrected chi connectivity index (χ2v) is 6.46. The highest BCUT2D eigenvalue weighted by atomic mass is 16.5. The zero-order chi connectivity index (χ0) is 20.8. The Morgan fingerprint density at radius 3 is 2.41 bits per heavy atom. The number of benzene rings is 1. The molecular weight excluding hydrogens is 376 g/mol. The molecule has 0 bridgehead atoms. The van der Waals surface area contributed by atoms with Gasteiger partial charge in [-0.1, -0.05) is 0 Å². The smallest absolute Gasteiger partial charge is 0.266 e. The van der Waals surface area contributed by atoms with Crippen molar-refractivity contribution in [1.29, 1.82) is 0 Å². The highest BCUT2D eigenvalue weighted by Crippen LogP contribution is 2.19. The molecule has 9 nitrogen and oxygen atoms in total. The third-order valence-electron chi connectivity index (χ3n) is 4.43.